The molecule has 2 heterocycles. The highest BCUT2D eigenvalue weighted by Crippen LogP contribution is 2.32. The lowest BCUT2D eigenvalue weighted by Crippen LogP contribution is -2.07. The summed E-state index contributed by atoms with van der Waals surface area (Å²) in [5.41, 5.74) is 0.549. The molecule has 4 heteroatoms. The molecule has 0 atom stereocenters. The Balaban J connectivity index is 2.10. The van der Waals surface area contributed by atoms with E-state index in [9.17, 15) is 4.79 Å². The molecule has 1 aliphatic carbocycles. The van der Waals surface area contributed by atoms with Crippen LogP contribution in [-0.4, -0.2) is 15.0 Å². The van der Waals surface area contributed by atoms with Crippen LogP contribution in [0.3, 0.4) is 0 Å². The molecule has 1 aliphatic rings. The minimum absolute atomic E-state index is 0.108. The van der Waals surface area contributed by atoms with E-state index in [-0.39, 0.29) is 5.56 Å². The predicted octanol–water partition coefficient (Wildman–Crippen LogP) is 1.98. The van der Waals surface area contributed by atoms with Gasteiger partial charge in [-0.25, -0.2) is 9.97 Å². The summed E-state index contributed by atoms with van der Waals surface area (Å²) < 4.78 is 0. The quantitative estimate of drug-likeness (QED) is 0.791. The van der Waals surface area contributed by atoms with Gasteiger partial charge in [0.1, 0.15) is 11.5 Å². The lowest BCUT2D eigenvalue weighted by molar-refractivity contribution is 0.671. The molecule has 1 fully saturated rings. The van der Waals surface area contributed by atoms with Gasteiger partial charge in [0.15, 0.2) is 0 Å². The molecular formula is C12H13N3O. The van der Waals surface area contributed by atoms with Crippen LogP contribution in [0.5, 0.6) is 0 Å². The predicted molar refractivity (Wildman–Crippen MR) is 61.4 cm³/mol. The molecule has 2 aromatic heterocycles. The maximum Gasteiger partial charge on any atom is 0.249 e. The van der Waals surface area contributed by atoms with E-state index in [2.05, 4.69) is 15.0 Å². The largest absolute Gasteiger partial charge is 0.306 e. The van der Waals surface area contributed by atoms with Gasteiger partial charge >= 0.3 is 0 Å². The first-order valence-corrected chi connectivity index (χ1v) is 5.69. The fraction of sp³-hybridized carbons (Fsp3) is 0.417. The summed E-state index contributed by atoms with van der Waals surface area (Å²) in [6.07, 6.45) is 6.66. The average Bonchev–Trinajstić information content (AvgIpc) is 2.81. The van der Waals surface area contributed by atoms with Gasteiger partial charge in [0.2, 0.25) is 5.56 Å². The topological polar surface area (TPSA) is 58.6 Å². The number of pyridine rings is 1. The van der Waals surface area contributed by atoms with E-state index in [1.165, 1.54) is 31.7 Å². The summed E-state index contributed by atoms with van der Waals surface area (Å²) >= 11 is 0. The van der Waals surface area contributed by atoms with E-state index in [1.54, 1.807) is 12.3 Å². The van der Waals surface area contributed by atoms with E-state index >= 15 is 0 Å². The Hall–Kier alpha value is -1.71. The van der Waals surface area contributed by atoms with Crippen LogP contribution in [0, 0.1) is 0 Å². The van der Waals surface area contributed by atoms with E-state index < -0.39 is 0 Å². The van der Waals surface area contributed by atoms with Crippen LogP contribution in [0.4, 0.5) is 0 Å². The third kappa shape index (κ3) is 1.60. The molecule has 1 N–H and O–H groups in total. The van der Waals surface area contributed by atoms with Crippen molar-refractivity contribution in [1.29, 1.82) is 0 Å². The molecule has 0 radical (unpaired) electrons. The van der Waals surface area contributed by atoms with Gasteiger partial charge in [0.25, 0.3) is 0 Å². The van der Waals surface area contributed by atoms with Crippen molar-refractivity contribution in [3.8, 4) is 0 Å². The number of nitrogens with zero attached hydrogens (tertiary/aromatic N) is 2. The minimum atomic E-state index is -0.108. The first kappa shape index (κ1) is 9.51. The molecule has 0 amide bonds. The molecular weight excluding hydrogens is 202 g/mol. The van der Waals surface area contributed by atoms with Gasteiger partial charge in [-0.2, -0.15) is 0 Å². The second-order valence-electron chi connectivity index (χ2n) is 4.34. The summed E-state index contributed by atoms with van der Waals surface area (Å²) in [5.74, 6) is 1.36. The monoisotopic (exact) mass is 215 g/mol. The standard InChI is InChI=1S/C12H13N3O/c16-10-6-5-9-7-13-11(15-12(9)14-10)8-3-1-2-4-8/h5-8H,1-4H2,(H,13,14,15,16). The van der Waals surface area contributed by atoms with E-state index in [0.717, 1.165) is 11.2 Å². The van der Waals surface area contributed by atoms with Crippen LogP contribution in [-0.2, 0) is 0 Å². The van der Waals surface area contributed by atoms with Crippen LogP contribution in [0.25, 0.3) is 11.0 Å². The molecule has 0 unspecified atom stereocenters. The molecule has 1 saturated carbocycles. The normalized spacial score (nSPS) is 17.0. The van der Waals surface area contributed by atoms with Gasteiger partial charge in [-0.05, 0) is 18.9 Å². The summed E-state index contributed by atoms with van der Waals surface area (Å²) in [7, 11) is 0. The number of aromatic amines is 1. The molecule has 3 rings (SSSR count). The van der Waals surface area contributed by atoms with Gasteiger partial charge in [0.05, 0.1) is 0 Å². The summed E-state index contributed by atoms with van der Waals surface area (Å²) in [6, 6.07) is 3.26. The Morgan fingerprint density at radius 1 is 1.25 bits per heavy atom. The summed E-state index contributed by atoms with van der Waals surface area (Å²) in [6.45, 7) is 0. The van der Waals surface area contributed by atoms with Gasteiger partial charge in [-0.15, -0.1) is 0 Å². The number of fused-ring (bicyclic) bond motifs is 1. The SMILES string of the molecule is O=c1ccc2cnc(C3CCCC3)nc2[nH]1. The lowest BCUT2D eigenvalue weighted by Gasteiger charge is -2.07. The zero-order valence-corrected chi connectivity index (χ0v) is 8.94. The third-order valence-electron chi connectivity index (χ3n) is 3.21. The molecule has 0 saturated heterocycles. The highest BCUT2D eigenvalue weighted by Gasteiger charge is 2.19. The van der Waals surface area contributed by atoms with E-state index in [0.29, 0.717) is 11.6 Å². The van der Waals surface area contributed by atoms with Crippen LogP contribution in [0.15, 0.2) is 23.1 Å². The maximum atomic E-state index is 11.2. The summed E-state index contributed by atoms with van der Waals surface area (Å²) in [4.78, 5) is 22.8. The molecule has 0 aromatic carbocycles. The fourth-order valence-electron chi connectivity index (χ4n) is 2.33. The molecule has 4 nitrogen and oxygen atoms in total. The van der Waals surface area contributed by atoms with Crippen molar-refractivity contribution in [1.82, 2.24) is 15.0 Å². The highest BCUT2D eigenvalue weighted by atomic mass is 16.1. The number of hydrogen-bond acceptors (Lipinski definition) is 3. The average molecular weight is 215 g/mol. The number of aromatic nitrogens is 3. The third-order valence-corrected chi connectivity index (χ3v) is 3.21. The Labute approximate surface area is 92.8 Å². The van der Waals surface area contributed by atoms with Crippen molar-refractivity contribution < 1.29 is 0 Å². The Morgan fingerprint density at radius 2 is 2.06 bits per heavy atom. The smallest absolute Gasteiger partial charge is 0.249 e. The molecule has 82 valence electrons. The molecule has 0 bridgehead atoms. The minimum Gasteiger partial charge on any atom is -0.306 e. The van der Waals surface area contributed by atoms with Crippen molar-refractivity contribution in [2.75, 3.05) is 0 Å². The van der Waals surface area contributed by atoms with Crippen molar-refractivity contribution in [3.05, 3.63) is 34.5 Å². The number of nitrogens with one attached hydrogen (secondary N) is 1. The molecule has 0 spiro atoms. The highest BCUT2D eigenvalue weighted by molar-refractivity contribution is 5.72. The first-order valence-electron chi connectivity index (χ1n) is 5.69. The van der Waals surface area contributed by atoms with Crippen LogP contribution >= 0.6 is 0 Å². The van der Waals surface area contributed by atoms with E-state index in [4.69, 9.17) is 0 Å². The van der Waals surface area contributed by atoms with Crippen molar-refractivity contribution in [2.24, 2.45) is 0 Å². The second-order valence-corrected chi connectivity index (χ2v) is 4.34. The number of H-pyrrole nitrogens is 1. The Kier molecular flexibility index (Phi) is 2.20. The molecule has 0 aliphatic heterocycles. The van der Waals surface area contributed by atoms with Crippen molar-refractivity contribution in [2.45, 2.75) is 31.6 Å². The Bertz CT molecular complexity index is 570. The maximum absolute atomic E-state index is 11.2. The second kappa shape index (κ2) is 3.70. The van der Waals surface area contributed by atoms with Gasteiger partial charge in [-0.1, -0.05) is 12.8 Å². The molecule has 16 heavy (non-hydrogen) atoms. The number of rotatable bonds is 1. The van der Waals surface area contributed by atoms with Crippen molar-refractivity contribution >= 4 is 11.0 Å². The van der Waals surface area contributed by atoms with Gasteiger partial charge < -0.3 is 4.98 Å². The number of hydrogen-bond donors (Lipinski definition) is 1. The van der Waals surface area contributed by atoms with E-state index in [1.807, 2.05) is 0 Å². The van der Waals surface area contributed by atoms with Crippen LogP contribution in [0.1, 0.15) is 37.4 Å². The zero-order valence-electron chi connectivity index (χ0n) is 8.94. The fourth-order valence-corrected chi connectivity index (χ4v) is 2.33. The molecule has 2 aromatic rings. The lowest BCUT2D eigenvalue weighted by atomic mass is 10.1. The van der Waals surface area contributed by atoms with Crippen molar-refractivity contribution in [3.63, 3.8) is 0 Å². The Morgan fingerprint density at radius 3 is 2.88 bits per heavy atom. The zero-order chi connectivity index (χ0) is 11.0. The van der Waals surface area contributed by atoms with Gasteiger partial charge in [0, 0.05) is 23.6 Å². The van der Waals surface area contributed by atoms with Crippen LogP contribution < -0.4 is 5.56 Å². The van der Waals surface area contributed by atoms with Crippen LogP contribution in [0.2, 0.25) is 0 Å². The first-order chi connectivity index (χ1) is 7.83. The summed E-state index contributed by atoms with van der Waals surface area (Å²) in [5, 5.41) is 0.890. The van der Waals surface area contributed by atoms with Gasteiger partial charge in [-0.3, -0.25) is 4.79 Å².